The molecule has 1 aromatic carbocycles. The Balaban J connectivity index is 1.39. The molecule has 2 amide bonds. The summed E-state index contributed by atoms with van der Waals surface area (Å²) >= 11 is 5.86. The van der Waals surface area contributed by atoms with E-state index in [2.05, 4.69) is 15.1 Å². The van der Waals surface area contributed by atoms with E-state index in [9.17, 15) is 4.79 Å². The number of amides is 2. The minimum Gasteiger partial charge on any atom is -0.322 e. The van der Waals surface area contributed by atoms with Crippen LogP contribution in [0.15, 0.2) is 24.3 Å². The van der Waals surface area contributed by atoms with Gasteiger partial charge in [0.1, 0.15) is 0 Å². The molecule has 23 heavy (non-hydrogen) atoms. The van der Waals surface area contributed by atoms with Crippen LogP contribution in [-0.2, 0) is 0 Å². The number of likely N-dealkylation sites (tertiary alicyclic amines) is 1. The molecule has 0 unspecified atom stereocenters. The number of hydrogen-bond donors (Lipinski definition) is 1. The molecular weight excluding hydrogens is 312 g/mol. The van der Waals surface area contributed by atoms with Crippen LogP contribution in [0.3, 0.4) is 0 Å². The summed E-state index contributed by atoms with van der Waals surface area (Å²) in [5, 5.41) is 3.61. The summed E-state index contributed by atoms with van der Waals surface area (Å²) in [5.41, 5.74) is 0.788. The molecule has 0 atom stereocenters. The molecule has 0 bridgehead atoms. The number of rotatable bonds is 4. The van der Waals surface area contributed by atoms with Crippen molar-refractivity contribution in [3.63, 3.8) is 0 Å². The van der Waals surface area contributed by atoms with Gasteiger partial charge in [0.05, 0.1) is 0 Å². The molecule has 0 radical (unpaired) electrons. The summed E-state index contributed by atoms with van der Waals surface area (Å²) in [5.74, 6) is 0. The predicted octanol–water partition coefficient (Wildman–Crippen LogP) is 2.59. The Morgan fingerprint density at radius 3 is 2.09 bits per heavy atom. The van der Waals surface area contributed by atoms with Gasteiger partial charge in [0.25, 0.3) is 0 Å². The SMILES string of the molecule is O=C(Nc1ccc(Cl)cc1)N1CCN(CCN2CCCC2)CC1. The van der Waals surface area contributed by atoms with E-state index in [0.29, 0.717) is 5.02 Å². The van der Waals surface area contributed by atoms with Crippen molar-refractivity contribution in [2.75, 3.05) is 57.7 Å². The smallest absolute Gasteiger partial charge is 0.321 e. The maximum absolute atomic E-state index is 12.3. The summed E-state index contributed by atoms with van der Waals surface area (Å²) in [4.78, 5) is 19.2. The molecule has 1 aromatic rings. The van der Waals surface area contributed by atoms with Crippen molar-refractivity contribution in [2.45, 2.75) is 12.8 Å². The molecule has 2 fully saturated rings. The molecular formula is C17H25ClN4O. The van der Waals surface area contributed by atoms with Gasteiger partial charge in [0, 0.05) is 50.0 Å². The Morgan fingerprint density at radius 2 is 1.48 bits per heavy atom. The Labute approximate surface area is 143 Å². The minimum atomic E-state index is -0.0217. The van der Waals surface area contributed by atoms with Gasteiger partial charge in [-0.3, -0.25) is 4.90 Å². The van der Waals surface area contributed by atoms with Gasteiger partial charge < -0.3 is 15.1 Å². The van der Waals surface area contributed by atoms with Crippen LogP contribution in [0.25, 0.3) is 0 Å². The molecule has 1 N–H and O–H groups in total. The molecule has 0 aliphatic carbocycles. The topological polar surface area (TPSA) is 38.8 Å². The van der Waals surface area contributed by atoms with E-state index < -0.39 is 0 Å². The monoisotopic (exact) mass is 336 g/mol. The van der Waals surface area contributed by atoms with Gasteiger partial charge in [-0.15, -0.1) is 0 Å². The third kappa shape index (κ3) is 4.83. The normalized spacial score (nSPS) is 20.0. The lowest BCUT2D eigenvalue weighted by atomic mass is 10.3. The van der Waals surface area contributed by atoms with Gasteiger partial charge >= 0.3 is 6.03 Å². The maximum atomic E-state index is 12.3. The van der Waals surface area contributed by atoms with Crippen LogP contribution in [0.5, 0.6) is 0 Å². The van der Waals surface area contributed by atoms with E-state index in [0.717, 1.165) is 45.0 Å². The quantitative estimate of drug-likeness (QED) is 0.918. The molecule has 6 heteroatoms. The number of halogens is 1. The van der Waals surface area contributed by atoms with Gasteiger partial charge in [-0.2, -0.15) is 0 Å². The highest BCUT2D eigenvalue weighted by Gasteiger charge is 2.21. The van der Waals surface area contributed by atoms with Crippen LogP contribution in [0, 0.1) is 0 Å². The molecule has 0 spiro atoms. The Morgan fingerprint density at radius 1 is 0.913 bits per heavy atom. The Kier molecular flexibility index (Phi) is 5.75. The van der Waals surface area contributed by atoms with Crippen LogP contribution < -0.4 is 5.32 Å². The number of carbonyl (C=O) groups excluding carboxylic acids is 1. The summed E-state index contributed by atoms with van der Waals surface area (Å²) < 4.78 is 0. The lowest BCUT2D eigenvalue weighted by Crippen LogP contribution is -2.51. The first-order valence-electron chi connectivity index (χ1n) is 8.47. The number of nitrogens with zero attached hydrogens (tertiary/aromatic N) is 3. The Bertz CT molecular complexity index is 508. The predicted molar refractivity (Wildman–Crippen MR) is 94.2 cm³/mol. The summed E-state index contributed by atoms with van der Waals surface area (Å²) in [6.07, 6.45) is 2.69. The van der Waals surface area contributed by atoms with Gasteiger partial charge in [-0.25, -0.2) is 4.79 Å². The number of nitrogens with one attached hydrogen (secondary N) is 1. The average Bonchev–Trinajstić information content (AvgIpc) is 3.09. The lowest BCUT2D eigenvalue weighted by Gasteiger charge is -2.35. The zero-order chi connectivity index (χ0) is 16.1. The number of hydrogen-bond acceptors (Lipinski definition) is 3. The van der Waals surface area contributed by atoms with Crippen LogP contribution >= 0.6 is 11.6 Å². The molecule has 2 aliphatic rings. The first-order valence-corrected chi connectivity index (χ1v) is 8.85. The second-order valence-electron chi connectivity index (χ2n) is 6.31. The van der Waals surface area contributed by atoms with Crippen molar-refractivity contribution in [1.29, 1.82) is 0 Å². The number of benzene rings is 1. The molecule has 3 rings (SSSR count). The molecule has 2 saturated heterocycles. The second kappa shape index (κ2) is 7.99. The molecule has 0 aromatic heterocycles. The van der Waals surface area contributed by atoms with Crippen molar-refractivity contribution in [1.82, 2.24) is 14.7 Å². The van der Waals surface area contributed by atoms with E-state index >= 15 is 0 Å². The molecule has 5 nitrogen and oxygen atoms in total. The van der Waals surface area contributed by atoms with Crippen LogP contribution in [0.4, 0.5) is 10.5 Å². The van der Waals surface area contributed by atoms with Crippen molar-refractivity contribution in [2.24, 2.45) is 0 Å². The fourth-order valence-corrected chi connectivity index (χ4v) is 3.33. The van der Waals surface area contributed by atoms with Crippen LogP contribution in [0.2, 0.25) is 5.02 Å². The zero-order valence-corrected chi connectivity index (χ0v) is 14.3. The van der Waals surface area contributed by atoms with Crippen LogP contribution in [0.1, 0.15) is 12.8 Å². The first-order chi connectivity index (χ1) is 11.2. The van der Waals surface area contributed by atoms with E-state index in [1.807, 2.05) is 17.0 Å². The fourth-order valence-electron chi connectivity index (χ4n) is 3.20. The number of urea groups is 1. The van der Waals surface area contributed by atoms with E-state index in [1.54, 1.807) is 12.1 Å². The standard InChI is InChI=1S/C17H25ClN4O/c18-15-3-5-16(6-4-15)19-17(23)22-13-11-21(12-14-22)10-9-20-7-1-2-8-20/h3-6H,1-2,7-14H2,(H,19,23). The van der Waals surface area contributed by atoms with Crippen molar-refractivity contribution in [3.8, 4) is 0 Å². The van der Waals surface area contributed by atoms with Gasteiger partial charge in [0.15, 0.2) is 0 Å². The summed E-state index contributed by atoms with van der Waals surface area (Å²) in [6.45, 7) is 8.29. The summed E-state index contributed by atoms with van der Waals surface area (Å²) in [6, 6.07) is 7.20. The summed E-state index contributed by atoms with van der Waals surface area (Å²) in [7, 11) is 0. The van der Waals surface area contributed by atoms with E-state index in [4.69, 9.17) is 11.6 Å². The Hall–Kier alpha value is -1.30. The molecule has 2 aliphatic heterocycles. The maximum Gasteiger partial charge on any atom is 0.321 e. The number of piperazine rings is 1. The van der Waals surface area contributed by atoms with Crippen LogP contribution in [-0.4, -0.2) is 73.1 Å². The second-order valence-corrected chi connectivity index (χ2v) is 6.75. The highest BCUT2D eigenvalue weighted by Crippen LogP contribution is 2.14. The third-order valence-corrected chi connectivity index (χ3v) is 4.94. The molecule has 2 heterocycles. The van der Waals surface area contributed by atoms with Gasteiger partial charge in [-0.1, -0.05) is 11.6 Å². The highest BCUT2D eigenvalue weighted by atomic mass is 35.5. The first kappa shape index (κ1) is 16.6. The average molecular weight is 337 g/mol. The van der Waals surface area contributed by atoms with E-state index in [1.165, 1.54) is 25.9 Å². The molecule has 0 saturated carbocycles. The van der Waals surface area contributed by atoms with E-state index in [-0.39, 0.29) is 6.03 Å². The largest absolute Gasteiger partial charge is 0.322 e. The van der Waals surface area contributed by atoms with Gasteiger partial charge in [0.2, 0.25) is 0 Å². The van der Waals surface area contributed by atoms with Crippen molar-refractivity contribution >= 4 is 23.3 Å². The third-order valence-electron chi connectivity index (χ3n) is 4.69. The number of carbonyl (C=O) groups is 1. The molecule has 126 valence electrons. The minimum absolute atomic E-state index is 0.0217. The highest BCUT2D eigenvalue weighted by molar-refractivity contribution is 6.30. The fraction of sp³-hybridized carbons (Fsp3) is 0.588. The van der Waals surface area contributed by atoms with Crippen molar-refractivity contribution in [3.05, 3.63) is 29.3 Å². The number of anilines is 1. The van der Waals surface area contributed by atoms with Crippen molar-refractivity contribution < 1.29 is 4.79 Å². The zero-order valence-electron chi connectivity index (χ0n) is 13.5. The van der Waals surface area contributed by atoms with Gasteiger partial charge in [-0.05, 0) is 50.2 Å². The lowest BCUT2D eigenvalue weighted by molar-refractivity contribution is 0.137.